The van der Waals surface area contributed by atoms with E-state index < -0.39 is 0 Å². The first-order valence-electron chi connectivity index (χ1n) is 7.43. The molecular weight excluding hydrogens is 270 g/mol. The summed E-state index contributed by atoms with van der Waals surface area (Å²) in [7, 11) is 1.81. The second kappa shape index (κ2) is 6.98. The molecule has 114 valence electrons. The van der Waals surface area contributed by atoms with Crippen molar-refractivity contribution in [1.82, 2.24) is 15.6 Å². The lowest BCUT2D eigenvalue weighted by Gasteiger charge is -2.38. The minimum Gasteiger partial charge on any atom is -0.384 e. The Morgan fingerprint density at radius 1 is 1.40 bits per heavy atom. The Hall–Kier alpha value is -0.490. The van der Waals surface area contributed by atoms with Crippen LogP contribution in [0.3, 0.4) is 0 Å². The molecule has 0 saturated carbocycles. The Morgan fingerprint density at radius 3 is 2.65 bits per heavy atom. The predicted octanol–water partition coefficient (Wildman–Crippen LogP) is 2.43. The summed E-state index contributed by atoms with van der Waals surface area (Å²) >= 11 is 1.80. The number of nitrogens with one attached hydrogen (secondary N) is 2. The van der Waals surface area contributed by atoms with Crippen molar-refractivity contribution in [1.29, 1.82) is 0 Å². The van der Waals surface area contributed by atoms with Gasteiger partial charge in [-0.3, -0.25) is 0 Å². The van der Waals surface area contributed by atoms with Crippen LogP contribution in [0.5, 0.6) is 0 Å². The maximum atomic E-state index is 5.47. The minimum atomic E-state index is 0.280. The molecule has 20 heavy (non-hydrogen) atoms. The third kappa shape index (κ3) is 3.79. The van der Waals surface area contributed by atoms with Crippen molar-refractivity contribution in [2.24, 2.45) is 5.41 Å². The zero-order valence-corrected chi connectivity index (χ0v) is 13.9. The van der Waals surface area contributed by atoms with E-state index in [0.717, 1.165) is 31.2 Å². The molecule has 1 fully saturated rings. The van der Waals surface area contributed by atoms with Crippen molar-refractivity contribution in [3.05, 3.63) is 15.6 Å². The summed E-state index contributed by atoms with van der Waals surface area (Å²) in [5.41, 5.74) is 1.45. The molecule has 2 rings (SSSR count). The molecule has 1 atom stereocenters. The quantitative estimate of drug-likeness (QED) is 0.846. The Balaban J connectivity index is 1.96. The van der Waals surface area contributed by atoms with Crippen molar-refractivity contribution >= 4 is 11.3 Å². The van der Waals surface area contributed by atoms with Gasteiger partial charge in [-0.25, -0.2) is 4.98 Å². The first kappa shape index (κ1) is 15.9. The molecule has 1 aromatic rings. The molecule has 1 aliphatic rings. The molecule has 0 aromatic carbocycles. The summed E-state index contributed by atoms with van der Waals surface area (Å²) in [5.74, 6) is 0. The van der Waals surface area contributed by atoms with E-state index in [4.69, 9.17) is 4.74 Å². The van der Waals surface area contributed by atoms with Gasteiger partial charge < -0.3 is 15.4 Å². The van der Waals surface area contributed by atoms with E-state index >= 15 is 0 Å². The fraction of sp³-hybridized carbons (Fsp3) is 0.800. The average Bonchev–Trinajstić information content (AvgIpc) is 2.77. The van der Waals surface area contributed by atoms with Crippen LogP contribution in [-0.2, 0) is 4.74 Å². The zero-order chi connectivity index (χ0) is 14.6. The van der Waals surface area contributed by atoms with Gasteiger partial charge in [0.2, 0.25) is 0 Å². The van der Waals surface area contributed by atoms with Crippen LogP contribution in [-0.4, -0.2) is 38.3 Å². The number of methoxy groups -OCH3 is 1. The summed E-state index contributed by atoms with van der Waals surface area (Å²) in [4.78, 5) is 5.89. The number of hydrogen-bond acceptors (Lipinski definition) is 5. The molecule has 1 aromatic heterocycles. The highest BCUT2D eigenvalue weighted by molar-refractivity contribution is 7.11. The molecule has 0 spiro atoms. The van der Waals surface area contributed by atoms with E-state index in [2.05, 4.69) is 36.4 Å². The number of piperidine rings is 1. The van der Waals surface area contributed by atoms with Gasteiger partial charge in [-0.2, -0.15) is 0 Å². The fourth-order valence-electron chi connectivity index (χ4n) is 3.05. The number of hydrogen-bond donors (Lipinski definition) is 2. The molecule has 2 N–H and O–H groups in total. The molecule has 2 heterocycles. The molecule has 1 aliphatic heterocycles. The van der Waals surface area contributed by atoms with Gasteiger partial charge in [0.25, 0.3) is 0 Å². The largest absolute Gasteiger partial charge is 0.384 e. The van der Waals surface area contributed by atoms with E-state index in [9.17, 15) is 0 Å². The van der Waals surface area contributed by atoms with Crippen LogP contribution in [0, 0.1) is 19.3 Å². The van der Waals surface area contributed by atoms with Gasteiger partial charge in [0.15, 0.2) is 0 Å². The molecule has 1 unspecified atom stereocenters. The molecular formula is C15H27N3OS. The summed E-state index contributed by atoms with van der Waals surface area (Å²) in [6.45, 7) is 10.5. The second-order valence-corrected chi connectivity index (χ2v) is 7.20. The van der Waals surface area contributed by atoms with Crippen LogP contribution in [0.15, 0.2) is 0 Å². The number of aryl methyl sites for hydroxylation is 2. The van der Waals surface area contributed by atoms with Gasteiger partial charge >= 0.3 is 0 Å². The highest BCUT2D eigenvalue weighted by atomic mass is 32.1. The van der Waals surface area contributed by atoms with Gasteiger partial charge in [-0.1, -0.05) is 0 Å². The topological polar surface area (TPSA) is 46.2 Å². The maximum Gasteiger partial charge on any atom is 0.0900 e. The van der Waals surface area contributed by atoms with E-state index in [1.54, 1.807) is 11.3 Å². The Labute approximate surface area is 126 Å². The van der Waals surface area contributed by atoms with E-state index in [1.165, 1.54) is 23.4 Å². The third-order valence-corrected chi connectivity index (χ3v) is 5.49. The Morgan fingerprint density at radius 2 is 2.10 bits per heavy atom. The fourth-order valence-corrected chi connectivity index (χ4v) is 4.00. The zero-order valence-electron chi connectivity index (χ0n) is 13.1. The van der Waals surface area contributed by atoms with Crippen LogP contribution in [0.4, 0.5) is 0 Å². The van der Waals surface area contributed by atoms with Crippen molar-refractivity contribution in [3.63, 3.8) is 0 Å². The molecule has 4 nitrogen and oxygen atoms in total. The molecule has 0 bridgehead atoms. The lowest BCUT2D eigenvalue weighted by atomic mass is 9.79. The highest BCUT2D eigenvalue weighted by Crippen LogP contribution is 2.30. The first-order chi connectivity index (χ1) is 9.56. The molecule has 0 aliphatic carbocycles. The normalized spacial score (nSPS) is 20.0. The summed E-state index contributed by atoms with van der Waals surface area (Å²) < 4.78 is 5.47. The molecule has 1 saturated heterocycles. The van der Waals surface area contributed by atoms with Gasteiger partial charge in [0, 0.05) is 30.0 Å². The Kier molecular flexibility index (Phi) is 5.55. The lowest BCUT2D eigenvalue weighted by molar-refractivity contribution is 0.0519. The third-order valence-electron chi connectivity index (χ3n) is 4.23. The number of nitrogens with zero attached hydrogens (tertiary/aromatic N) is 1. The minimum absolute atomic E-state index is 0.280. The van der Waals surface area contributed by atoms with Crippen molar-refractivity contribution in [3.8, 4) is 0 Å². The maximum absolute atomic E-state index is 5.47. The highest BCUT2D eigenvalue weighted by Gasteiger charge is 2.32. The monoisotopic (exact) mass is 297 g/mol. The smallest absolute Gasteiger partial charge is 0.0900 e. The number of rotatable bonds is 6. The van der Waals surface area contributed by atoms with Crippen molar-refractivity contribution in [2.75, 3.05) is 33.4 Å². The molecule has 0 radical (unpaired) electrons. The predicted molar refractivity (Wildman–Crippen MR) is 84.4 cm³/mol. The lowest BCUT2D eigenvalue weighted by Crippen LogP contribution is -2.46. The molecule has 0 amide bonds. The van der Waals surface area contributed by atoms with Crippen LogP contribution in [0.2, 0.25) is 0 Å². The van der Waals surface area contributed by atoms with Gasteiger partial charge in [0.1, 0.15) is 0 Å². The summed E-state index contributed by atoms with van der Waals surface area (Å²) in [6.07, 6.45) is 2.36. The van der Waals surface area contributed by atoms with Crippen LogP contribution in [0.1, 0.15) is 41.4 Å². The van der Waals surface area contributed by atoms with Crippen LogP contribution < -0.4 is 10.6 Å². The standard InChI is InChI=1S/C15H27N3OS/c1-11(14-12(2)18-13(3)20-14)17-9-15(10-19-4)5-7-16-8-6-15/h11,16-17H,5-10H2,1-4H3. The summed E-state index contributed by atoms with van der Waals surface area (Å²) in [5, 5.41) is 8.30. The Bertz CT molecular complexity index is 421. The van der Waals surface area contributed by atoms with E-state index in [-0.39, 0.29) is 5.41 Å². The SMILES string of the molecule is COCC1(CNC(C)c2sc(C)nc2C)CCNCC1. The van der Waals surface area contributed by atoms with E-state index in [1.807, 2.05) is 7.11 Å². The first-order valence-corrected chi connectivity index (χ1v) is 8.25. The molecule has 5 heteroatoms. The summed E-state index contributed by atoms with van der Waals surface area (Å²) in [6, 6.07) is 0.366. The van der Waals surface area contributed by atoms with Crippen LogP contribution in [0.25, 0.3) is 0 Å². The van der Waals surface area contributed by atoms with Gasteiger partial charge in [-0.05, 0) is 46.7 Å². The average molecular weight is 297 g/mol. The van der Waals surface area contributed by atoms with Crippen molar-refractivity contribution < 1.29 is 4.74 Å². The van der Waals surface area contributed by atoms with Gasteiger partial charge in [0.05, 0.1) is 17.3 Å². The van der Waals surface area contributed by atoms with Crippen LogP contribution >= 0.6 is 11.3 Å². The van der Waals surface area contributed by atoms with Gasteiger partial charge in [-0.15, -0.1) is 11.3 Å². The number of thiazole rings is 1. The number of ether oxygens (including phenoxy) is 1. The second-order valence-electron chi connectivity index (χ2n) is 5.97. The van der Waals surface area contributed by atoms with E-state index in [0.29, 0.717) is 6.04 Å². The van der Waals surface area contributed by atoms with Crippen molar-refractivity contribution in [2.45, 2.75) is 39.7 Å². The number of aromatic nitrogens is 1.